The van der Waals surface area contributed by atoms with Crippen molar-refractivity contribution < 1.29 is 22.3 Å². The van der Waals surface area contributed by atoms with Gasteiger partial charge in [0.05, 0.1) is 7.11 Å². The van der Waals surface area contributed by atoms with E-state index in [1.165, 1.54) is 6.08 Å². The van der Waals surface area contributed by atoms with Crippen molar-refractivity contribution in [2.24, 2.45) is 0 Å². The van der Waals surface area contributed by atoms with Gasteiger partial charge in [0.25, 0.3) is 0 Å². The van der Waals surface area contributed by atoms with Gasteiger partial charge < -0.3 is 9.15 Å². The molecule has 0 aliphatic carbocycles. The molecule has 2 aromatic rings. The molecule has 1 aromatic heterocycles. The van der Waals surface area contributed by atoms with Crippen LogP contribution in [0.15, 0.2) is 28.7 Å². The van der Waals surface area contributed by atoms with Crippen LogP contribution in [0.1, 0.15) is 17.3 Å². The van der Waals surface area contributed by atoms with Gasteiger partial charge in [0.1, 0.15) is 5.75 Å². The number of hydrogen-bond donors (Lipinski definition) is 0. The quantitative estimate of drug-likeness (QED) is 0.858. The highest BCUT2D eigenvalue weighted by molar-refractivity contribution is 5.66. The average Bonchev–Trinajstić information content (AvgIpc) is 2.86. The van der Waals surface area contributed by atoms with Crippen molar-refractivity contribution in [3.63, 3.8) is 0 Å². The minimum Gasteiger partial charge on any atom is -0.497 e. The SMILES string of the molecule is COc1ccc(/C=C\c2nnc(C(F)(F)F)o2)cc1. The number of halogens is 3. The van der Waals surface area contributed by atoms with Gasteiger partial charge in [0, 0.05) is 6.08 Å². The third kappa shape index (κ3) is 3.34. The van der Waals surface area contributed by atoms with E-state index >= 15 is 0 Å². The summed E-state index contributed by atoms with van der Waals surface area (Å²) >= 11 is 0. The van der Waals surface area contributed by atoms with E-state index in [4.69, 9.17) is 4.74 Å². The lowest BCUT2D eigenvalue weighted by Gasteiger charge is -1.98. The van der Waals surface area contributed by atoms with Crippen molar-refractivity contribution in [2.75, 3.05) is 7.11 Å². The Labute approximate surface area is 106 Å². The number of aromatic nitrogens is 2. The number of alkyl halides is 3. The number of hydrogen-bond acceptors (Lipinski definition) is 4. The molecule has 7 heteroatoms. The highest BCUT2D eigenvalue weighted by atomic mass is 19.4. The second-order valence-corrected chi connectivity index (χ2v) is 3.55. The van der Waals surface area contributed by atoms with E-state index in [1.54, 1.807) is 37.5 Å². The number of nitrogens with zero attached hydrogens (tertiary/aromatic N) is 2. The number of methoxy groups -OCH3 is 1. The normalized spacial score (nSPS) is 12.0. The molecule has 1 aromatic carbocycles. The van der Waals surface area contributed by atoms with Gasteiger partial charge in [-0.3, -0.25) is 0 Å². The van der Waals surface area contributed by atoms with E-state index in [0.29, 0.717) is 5.75 Å². The van der Waals surface area contributed by atoms with Gasteiger partial charge in [-0.25, -0.2) is 0 Å². The Morgan fingerprint density at radius 2 is 1.79 bits per heavy atom. The summed E-state index contributed by atoms with van der Waals surface area (Å²) in [6.07, 6.45) is -1.75. The highest BCUT2D eigenvalue weighted by Gasteiger charge is 2.37. The molecule has 0 amide bonds. The summed E-state index contributed by atoms with van der Waals surface area (Å²) in [5.41, 5.74) is 0.771. The minimum atomic E-state index is -4.63. The second kappa shape index (κ2) is 5.13. The molecule has 1 heterocycles. The number of ether oxygens (including phenoxy) is 1. The number of benzene rings is 1. The summed E-state index contributed by atoms with van der Waals surface area (Å²) in [5, 5.41) is 6.20. The fourth-order valence-electron chi connectivity index (χ4n) is 1.30. The van der Waals surface area contributed by atoms with E-state index in [9.17, 15) is 13.2 Å². The molecule has 0 saturated heterocycles. The first-order valence-electron chi connectivity index (χ1n) is 5.22. The lowest BCUT2D eigenvalue weighted by atomic mass is 10.2. The maximum absolute atomic E-state index is 12.2. The van der Waals surface area contributed by atoms with Gasteiger partial charge in [-0.1, -0.05) is 12.1 Å². The van der Waals surface area contributed by atoms with Gasteiger partial charge in [-0.2, -0.15) is 13.2 Å². The van der Waals surface area contributed by atoms with Crippen molar-refractivity contribution in [2.45, 2.75) is 6.18 Å². The van der Waals surface area contributed by atoms with Crippen LogP contribution in [0.2, 0.25) is 0 Å². The molecular formula is C12H9F3N2O2. The zero-order valence-electron chi connectivity index (χ0n) is 9.81. The van der Waals surface area contributed by atoms with Crippen LogP contribution in [0, 0.1) is 0 Å². The van der Waals surface area contributed by atoms with Crippen molar-refractivity contribution >= 4 is 12.2 Å². The minimum absolute atomic E-state index is 0.205. The molecular weight excluding hydrogens is 261 g/mol. The van der Waals surface area contributed by atoms with Crippen LogP contribution in [-0.4, -0.2) is 17.3 Å². The molecule has 0 N–H and O–H groups in total. The Balaban J connectivity index is 2.11. The zero-order valence-corrected chi connectivity index (χ0v) is 9.81. The van der Waals surface area contributed by atoms with Gasteiger partial charge in [-0.15, -0.1) is 10.2 Å². The molecule has 19 heavy (non-hydrogen) atoms. The van der Waals surface area contributed by atoms with Crippen LogP contribution < -0.4 is 4.74 Å². The van der Waals surface area contributed by atoms with E-state index in [0.717, 1.165) is 5.56 Å². The second-order valence-electron chi connectivity index (χ2n) is 3.55. The molecule has 0 fully saturated rings. The first-order chi connectivity index (χ1) is 8.99. The summed E-state index contributed by atoms with van der Waals surface area (Å²) in [6.45, 7) is 0. The average molecular weight is 270 g/mol. The van der Waals surface area contributed by atoms with Crippen LogP contribution in [-0.2, 0) is 6.18 Å². The van der Waals surface area contributed by atoms with Crippen LogP contribution in [0.3, 0.4) is 0 Å². The van der Waals surface area contributed by atoms with Gasteiger partial charge in [0.15, 0.2) is 0 Å². The molecule has 0 spiro atoms. The maximum atomic E-state index is 12.2. The summed E-state index contributed by atoms with van der Waals surface area (Å²) in [6, 6.07) is 6.95. The third-order valence-corrected chi connectivity index (χ3v) is 2.22. The molecule has 100 valence electrons. The number of rotatable bonds is 3. The lowest BCUT2D eigenvalue weighted by molar-refractivity contribution is -0.157. The summed E-state index contributed by atoms with van der Waals surface area (Å²) in [5.74, 6) is -0.876. The van der Waals surface area contributed by atoms with Crippen molar-refractivity contribution in [3.05, 3.63) is 41.6 Å². The molecule has 4 nitrogen and oxygen atoms in total. The summed E-state index contributed by atoms with van der Waals surface area (Å²) < 4.78 is 46.1. The Morgan fingerprint density at radius 3 is 2.32 bits per heavy atom. The van der Waals surface area contributed by atoms with Crippen LogP contribution >= 0.6 is 0 Å². The monoisotopic (exact) mass is 270 g/mol. The molecule has 0 aliphatic rings. The molecule has 2 rings (SSSR count). The van der Waals surface area contributed by atoms with Crippen LogP contribution in [0.25, 0.3) is 12.2 Å². The van der Waals surface area contributed by atoms with Gasteiger partial charge in [0.2, 0.25) is 5.89 Å². The van der Waals surface area contributed by atoms with Gasteiger partial charge in [-0.05, 0) is 23.8 Å². The smallest absolute Gasteiger partial charge is 0.470 e. The topological polar surface area (TPSA) is 48.2 Å². The van der Waals surface area contributed by atoms with E-state index in [1.807, 2.05) is 0 Å². The molecule has 0 bridgehead atoms. The van der Waals surface area contributed by atoms with Crippen LogP contribution in [0.4, 0.5) is 13.2 Å². The molecule has 0 unspecified atom stereocenters. The largest absolute Gasteiger partial charge is 0.497 e. The van der Waals surface area contributed by atoms with E-state index in [-0.39, 0.29) is 5.89 Å². The molecule has 0 radical (unpaired) electrons. The molecule has 0 atom stereocenters. The summed E-state index contributed by atoms with van der Waals surface area (Å²) in [4.78, 5) is 0. The maximum Gasteiger partial charge on any atom is 0.470 e. The Bertz CT molecular complexity index is 573. The predicted octanol–water partition coefficient (Wildman–Crippen LogP) is 3.27. The van der Waals surface area contributed by atoms with Crippen LogP contribution in [0.5, 0.6) is 5.75 Å². The first kappa shape index (κ1) is 13.1. The Kier molecular flexibility index (Phi) is 3.55. The highest BCUT2D eigenvalue weighted by Crippen LogP contribution is 2.28. The van der Waals surface area contributed by atoms with E-state index < -0.39 is 12.1 Å². The van der Waals surface area contributed by atoms with Crippen molar-refractivity contribution in [1.82, 2.24) is 10.2 Å². The fourth-order valence-corrected chi connectivity index (χ4v) is 1.30. The molecule has 0 saturated carbocycles. The van der Waals surface area contributed by atoms with Gasteiger partial charge >= 0.3 is 12.1 Å². The third-order valence-electron chi connectivity index (χ3n) is 2.22. The summed E-state index contributed by atoms with van der Waals surface area (Å²) in [7, 11) is 1.54. The molecule has 0 aliphatic heterocycles. The van der Waals surface area contributed by atoms with Crippen molar-refractivity contribution in [1.29, 1.82) is 0 Å². The van der Waals surface area contributed by atoms with E-state index in [2.05, 4.69) is 14.6 Å². The standard InChI is InChI=1S/C12H9F3N2O2/c1-18-9-5-2-8(3-6-9)4-7-10-16-17-11(19-10)12(13,14)15/h2-7H,1H3/b7-4-. The lowest BCUT2D eigenvalue weighted by Crippen LogP contribution is -2.04. The first-order valence-corrected chi connectivity index (χ1v) is 5.22. The van der Waals surface area contributed by atoms with Crippen molar-refractivity contribution in [3.8, 4) is 5.75 Å². The Hall–Kier alpha value is -2.31. The zero-order chi connectivity index (χ0) is 13.9. The fraction of sp³-hybridized carbons (Fsp3) is 0.167. The predicted molar refractivity (Wildman–Crippen MR) is 61.2 cm³/mol. The Morgan fingerprint density at radius 1 is 1.11 bits per heavy atom.